The van der Waals surface area contributed by atoms with Gasteiger partial charge in [-0.3, -0.25) is 9.59 Å². The molecule has 0 aromatic heterocycles. The number of imide groups is 1. The predicted molar refractivity (Wildman–Crippen MR) is 69.5 cm³/mol. The van der Waals surface area contributed by atoms with Crippen molar-refractivity contribution in [3.8, 4) is 6.07 Å². The van der Waals surface area contributed by atoms with Gasteiger partial charge < -0.3 is 0 Å². The third-order valence-corrected chi connectivity index (χ3v) is 4.23. The Hall–Kier alpha value is -1.86. The van der Waals surface area contributed by atoms with E-state index in [-0.39, 0.29) is 23.7 Å². The minimum atomic E-state index is -0.200. The summed E-state index contributed by atoms with van der Waals surface area (Å²) in [6, 6.07) is 6.60. The molecule has 2 fully saturated rings. The fourth-order valence-corrected chi connectivity index (χ4v) is 3.18. The van der Waals surface area contributed by atoms with Crippen LogP contribution in [0, 0.1) is 23.2 Å². The van der Waals surface area contributed by atoms with Crippen molar-refractivity contribution in [2.45, 2.75) is 19.3 Å². The molecular formula is C14H11ClN2O2. The van der Waals surface area contributed by atoms with Gasteiger partial charge in [-0.1, -0.05) is 18.0 Å². The highest BCUT2D eigenvalue weighted by atomic mass is 35.5. The second-order valence-electron chi connectivity index (χ2n) is 4.93. The number of nitriles is 1. The van der Waals surface area contributed by atoms with Gasteiger partial charge in [-0.25, -0.2) is 4.90 Å². The number of rotatable bonds is 1. The molecule has 0 radical (unpaired) electrons. The Labute approximate surface area is 115 Å². The van der Waals surface area contributed by atoms with E-state index in [1.165, 1.54) is 6.07 Å². The molecule has 0 bridgehead atoms. The predicted octanol–water partition coefficient (Wildman–Crippen LogP) is 2.50. The van der Waals surface area contributed by atoms with E-state index in [0.717, 1.165) is 24.2 Å². The average Bonchev–Trinajstić information content (AvgIpc) is 2.97. The van der Waals surface area contributed by atoms with E-state index >= 15 is 0 Å². The first-order valence-corrected chi connectivity index (χ1v) is 6.58. The molecule has 5 heteroatoms. The highest BCUT2D eigenvalue weighted by Gasteiger charge is 2.50. The van der Waals surface area contributed by atoms with Crippen molar-refractivity contribution in [1.82, 2.24) is 0 Å². The summed E-state index contributed by atoms with van der Waals surface area (Å²) in [5, 5.41) is 9.23. The molecule has 2 aliphatic rings. The summed E-state index contributed by atoms with van der Waals surface area (Å²) in [7, 11) is 0. The molecule has 1 saturated carbocycles. The van der Waals surface area contributed by atoms with E-state index in [1.54, 1.807) is 12.1 Å². The molecule has 19 heavy (non-hydrogen) atoms. The zero-order valence-electron chi connectivity index (χ0n) is 10.1. The number of carbonyl (C=O) groups excluding carboxylic acids is 2. The van der Waals surface area contributed by atoms with Gasteiger partial charge in [0.05, 0.1) is 34.2 Å². The first-order chi connectivity index (χ1) is 9.13. The SMILES string of the molecule is N#Cc1ccc(Cl)c(N2C(=O)C3CCCC3C2=O)c1. The fourth-order valence-electron chi connectivity index (χ4n) is 2.98. The zero-order chi connectivity index (χ0) is 13.6. The summed E-state index contributed by atoms with van der Waals surface area (Å²) in [6.07, 6.45) is 2.45. The average molecular weight is 275 g/mol. The number of benzene rings is 1. The van der Waals surface area contributed by atoms with Crippen molar-refractivity contribution in [2.75, 3.05) is 4.90 Å². The lowest BCUT2D eigenvalue weighted by molar-refractivity contribution is -0.122. The minimum absolute atomic E-state index is 0.176. The lowest BCUT2D eigenvalue weighted by Crippen LogP contribution is -2.31. The fraction of sp³-hybridized carbons (Fsp3) is 0.357. The van der Waals surface area contributed by atoms with Gasteiger partial charge in [-0.15, -0.1) is 0 Å². The molecule has 1 aliphatic carbocycles. The summed E-state index contributed by atoms with van der Waals surface area (Å²) >= 11 is 6.06. The van der Waals surface area contributed by atoms with Crippen molar-refractivity contribution in [3.63, 3.8) is 0 Å². The van der Waals surface area contributed by atoms with Crippen molar-refractivity contribution >= 4 is 29.1 Å². The summed E-state index contributed by atoms with van der Waals surface area (Å²) in [5.74, 6) is -0.752. The largest absolute Gasteiger partial charge is 0.274 e. The number of fused-ring (bicyclic) bond motifs is 1. The van der Waals surface area contributed by atoms with E-state index in [2.05, 4.69) is 0 Å². The summed E-state index contributed by atoms with van der Waals surface area (Å²) in [6.45, 7) is 0. The van der Waals surface area contributed by atoms with Crippen LogP contribution in [0.4, 0.5) is 5.69 Å². The number of amides is 2. The summed E-state index contributed by atoms with van der Waals surface area (Å²) < 4.78 is 0. The highest BCUT2D eigenvalue weighted by Crippen LogP contribution is 2.43. The second kappa shape index (κ2) is 4.36. The molecule has 1 aliphatic heterocycles. The molecule has 1 aromatic carbocycles. The van der Waals surface area contributed by atoms with E-state index in [1.807, 2.05) is 6.07 Å². The van der Waals surface area contributed by atoms with Crippen LogP contribution in [0.25, 0.3) is 0 Å². The number of carbonyl (C=O) groups is 2. The van der Waals surface area contributed by atoms with Crippen LogP contribution in [0.3, 0.4) is 0 Å². The van der Waals surface area contributed by atoms with Gasteiger partial charge in [0.25, 0.3) is 0 Å². The molecule has 2 unspecified atom stereocenters. The van der Waals surface area contributed by atoms with Crippen LogP contribution >= 0.6 is 11.6 Å². The van der Waals surface area contributed by atoms with E-state index in [9.17, 15) is 9.59 Å². The summed E-state index contributed by atoms with van der Waals surface area (Å²) in [4.78, 5) is 25.8. The first kappa shape index (κ1) is 12.2. The van der Waals surface area contributed by atoms with E-state index < -0.39 is 0 Å². The van der Waals surface area contributed by atoms with Gasteiger partial charge in [0.15, 0.2) is 0 Å². The van der Waals surface area contributed by atoms with Gasteiger partial charge in [-0.05, 0) is 31.0 Å². The molecule has 1 heterocycles. The number of hydrogen-bond donors (Lipinski definition) is 0. The minimum Gasteiger partial charge on any atom is -0.274 e. The smallest absolute Gasteiger partial charge is 0.237 e. The van der Waals surface area contributed by atoms with E-state index in [0.29, 0.717) is 16.3 Å². The Bertz CT molecular complexity index is 598. The Morgan fingerprint density at radius 3 is 2.42 bits per heavy atom. The molecule has 96 valence electrons. The van der Waals surface area contributed by atoms with E-state index in [4.69, 9.17) is 16.9 Å². The maximum absolute atomic E-state index is 12.3. The summed E-state index contributed by atoms with van der Waals surface area (Å²) in [5.41, 5.74) is 0.724. The highest BCUT2D eigenvalue weighted by molar-refractivity contribution is 6.36. The number of hydrogen-bond acceptors (Lipinski definition) is 3. The van der Waals surface area contributed by atoms with Crippen LogP contribution in [-0.4, -0.2) is 11.8 Å². The van der Waals surface area contributed by atoms with Crippen molar-refractivity contribution < 1.29 is 9.59 Å². The lowest BCUT2D eigenvalue weighted by atomic mass is 10.00. The zero-order valence-corrected chi connectivity index (χ0v) is 10.9. The monoisotopic (exact) mass is 274 g/mol. The maximum Gasteiger partial charge on any atom is 0.237 e. The van der Waals surface area contributed by atoms with Gasteiger partial charge in [0, 0.05) is 0 Å². The van der Waals surface area contributed by atoms with Gasteiger partial charge in [0.2, 0.25) is 11.8 Å². The Balaban J connectivity index is 2.06. The third kappa shape index (κ3) is 1.73. The molecule has 2 atom stereocenters. The number of anilines is 1. The molecule has 0 spiro atoms. The van der Waals surface area contributed by atoms with Crippen LogP contribution in [0.5, 0.6) is 0 Å². The van der Waals surface area contributed by atoms with Crippen LogP contribution in [0.1, 0.15) is 24.8 Å². The van der Waals surface area contributed by atoms with Crippen molar-refractivity contribution in [1.29, 1.82) is 5.26 Å². The Morgan fingerprint density at radius 1 is 1.21 bits per heavy atom. The van der Waals surface area contributed by atoms with Crippen LogP contribution < -0.4 is 4.90 Å². The molecule has 1 aromatic rings. The van der Waals surface area contributed by atoms with Crippen LogP contribution in [0.15, 0.2) is 18.2 Å². The Morgan fingerprint density at radius 2 is 1.84 bits per heavy atom. The number of halogens is 1. The second-order valence-corrected chi connectivity index (χ2v) is 5.34. The standard InChI is InChI=1S/C14H11ClN2O2/c15-11-5-4-8(7-16)6-12(11)17-13(18)9-2-1-3-10(9)14(17)19/h4-6,9-10H,1-3H2. The maximum atomic E-state index is 12.3. The van der Waals surface area contributed by atoms with Gasteiger partial charge in [-0.2, -0.15) is 5.26 Å². The third-order valence-electron chi connectivity index (χ3n) is 3.91. The first-order valence-electron chi connectivity index (χ1n) is 6.21. The van der Waals surface area contributed by atoms with Crippen molar-refractivity contribution in [3.05, 3.63) is 28.8 Å². The number of nitrogens with zero attached hydrogens (tertiary/aromatic N) is 2. The molecular weight excluding hydrogens is 264 g/mol. The molecule has 1 saturated heterocycles. The van der Waals surface area contributed by atoms with Gasteiger partial charge in [0.1, 0.15) is 0 Å². The molecule has 4 nitrogen and oxygen atoms in total. The van der Waals surface area contributed by atoms with Crippen molar-refractivity contribution in [2.24, 2.45) is 11.8 Å². The molecule has 0 N–H and O–H groups in total. The topological polar surface area (TPSA) is 61.2 Å². The Kier molecular flexibility index (Phi) is 2.79. The van der Waals surface area contributed by atoms with Crippen LogP contribution in [0.2, 0.25) is 5.02 Å². The van der Waals surface area contributed by atoms with Crippen LogP contribution in [-0.2, 0) is 9.59 Å². The quantitative estimate of drug-likeness (QED) is 0.739. The van der Waals surface area contributed by atoms with Gasteiger partial charge >= 0.3 is 0 Å². The molecule has 2 amide bonds. The normalized spacial score (nSPS) is 25.6. The lowest BCUT2D eigenvalue weighted by Gasteiger charge is -2.17. The molecule has 3 rings (SSSR count).